The summed E-state index contributed by atoms with van der Waals surface area (Å²) in [6, 6.07) is 0.382. The van der Waals surface area contributed by atoms with Crippen molar-refractivity contribution >= 4 is 27.7 Å². The van der Waals surface area contributed by atoms with Gasteiger partial charge in [0.05, 0.1) is 6.26 Å². The molecule has 1 aliphatic rings. The first kappa shape index (κ1) is 15.4. The van der Waals surface area contributed by atoms with Gasteiger partial charge in [-0.2, -0.15) is 9.40 Å². The van der Waals surface area contributed by atoms with Crippen LogP contribution in [0.4, 0.5) is 5.82 Å². The first-order valence-corrected chi connectivity index (χ1v) is 8.20. The zero-order valence-electron chi connectivity index (χ0n) is 11.4. The molecule has 0 bridgehead atoms. The standard InChI is InChI=1S/C11H16N4O5S/c1-21(19,20)15-5-3-2-4-8(15)10(16)12-9-6-7(11(17)18)13-14-9/h6,8H,2-5H2,1H3,(H,17,18)(H2,12,13,14,16). The fraction of sp³-hybridized carbons (Fsp3) is 0.545. The van der Waals surface area contributed by atoms with Crippen molar-refractivity contribution in [3.63, 3.8) is 0 Å². The number of carboxylic acids is 1. The van der Waals surface area contributed by atoms with Crippen LogP contribution in [0.3, 0.4) is 0 Å². The van der Waals surface area contributed by atoms with Gasteiger partial charge in [-0.05, 0) is 12.8 Å². The van der Waals surface area contributed by atoms with Gasteiger partial charge in [-0.1, -0.05) is 6.42 Å². The van der Waals surface area contributed by atoms with Gasteiger partial charge in [0.1, 0.15) is 11.7 Å². The van der Waals surface area contributed by atoms with Crippen LogP contribution in [0.15, 0.2) is 6.07 Å². The molecule has 1 aromatic heterocycles. The number of piperidine rings is 1. The van der Waals surface area contributed by atoms with E-state index in [1.54, 1.807) is 0 Å². The lowest BCUT2D eigenvalue weighted by atomic mass is 10.0. The van der Waals surface area contributed by atoms with Crippen molar-refractivity contribution in [2.75, 3.05) is 18.1 Å². The Morgan fingerprint density at radius 1 is 1.48 bits per heavy atom. The predicted octanol–water partition coefficient (Wildman–Crippen LogP) is -0.139. The molecular formula is C11H16N4O5S. The molecule has 2 heterocycles. The molecule has 2 rings (SSSR count). The van der Waals surface area contributed by atoms with Gasteiger partial charge in [-0.15, -0.1) is 0 Å². The number of nitrogens with one attached hydrogen (secondary N) is 2. The van der Waals surface area contributed by atoms with E-state index >= 15 is 0 Å². The zero-order chi connectivity index (χ0) is 15.6. The minimum absolute atomic E-state index is 0.0522. The van der Waals surface area contributed by atoms with E-state index in [0.717, 1.165) is 17.0 Å². The van der Waals surface area contributed by atoms with E-state index in [-0.39, 0.29) is 11.5 Å². The number of hydrogen-bond donors (Lipinski definition) is 3. The first-order valence-electron chi connectivity index (χ1n) is 6.35. The smallest absolute Gasteiger partial charge is 0.353 e. The lowest BCUT2D eigenvalue weighted by Gasteiger charge is -2.32. The average molecular weight is 316 g/mol. The van der Waals surface area contributed by atoms with Crippen molar-refractivity contribution in [3.8, 4) is 0 Å². The van der Waals surface area contributed by atoms with Crippen LogP contribution in [0.1, 0.15) is 29.8 Å². The van der Waals surface area contributed by atoms with Gasteiger partial charge in [0, 0.05) is 12.6 Å². The van der Waals surface area contributed by atoms with E-state index in [2.05, 4.69) is 15.5 Å². The van der Waals surface area contributed by atoms with Crippen molar-refractivity contribution in [2.45, 2.75) is 25.3 Å². The Morgan fingerprint density at radius 3 is 2.76 bits per heavy atom. The highest BCUT2D eigenvalue weighted by atomic mass is 32.2. The van der Waals surface area contributed by atoms with Crippen LogP contribution >= 0.6 is 0 Å². The monoisotopic (exact) mass is 316 g/mol. The summed E-state index contributed by atoms with van der Waals surface area (Å²) < 4.78 is 24.6. The Balaban J connectivity index is 2.12. The van der Waals surface area contributed by atoms with Gasteiger partial charge in [0.2, 0.25) is 15.9 Å². The van der Waals surface area contributed by atoms with Crippen molar-refractivity contribution in [1.82, 2.24) is 14.5 Å². The number of carboxylic acid groups (broad SMARTS) is 1. The maximum atomic E-state index is 12.2. The largest absolute Gasteiger partial charge is 0.477 e. The van der Waals surface area contributed by atoms with Crippen LogP contribution < -0.4 is 5.32 Å². The first-order chi connectivity index (χ1) is 9.79. The second kappa shape index (κ2) is 5.82. The highest BCUT2D eigenvalue weighted by molar-refractivity contribution is 7.88. The lowest BCUT2D eigenvalue weighted by molar-refractivity contribution is -0.120. The number of aromatic nitrogens is 2. The summed E-state index contributed by atoms with van der Waals surface area (Å²) in [5.41, 5.74) is -0.158. The van der Waals surface area contributed by atoms with Gasteiger partial charge in [-0.25, -0.2) is 13.2 Å². The molecule has 0 radical (unpaired) electrons. The molecule has 1 unspecified atom stereocenters. The minimum atomic E-state index is -3.47. The third-order valence-corrected chi connectivity index (χ3v) is 4.53. The molecule has 1 fully saturated rings. The number of aromatic amines is 1. The van der Waals surface area contributed by atoms with Gasteiger partial charge >= 0.3 is 5.97 Å². The quantitative estimate of drug-likeness (QED) is 0.708. The van der Waals surface area contributed by atoms with E-state index < -0.39 is 27.9 Å². The number of nitrogens with zero attached hydrogens (tertiary/aromatic N) is 2. The molecule has 0 spiro atoms. The topological polar surface area (TPSA) is 132 Å². The Labute approximate surface area is 121 Å². The number of carbonyl (C=O) groups excluding carboxylic acids is 1. The van der Waals surface area contributed by atoms with Crippen LogP contribution in [0.5, 0.6) is 0 Å². The minimum Gasteiger partial charge on any atom is -0.477 e. The van der Waals surface area contributed by atoms with Gasteiger partial charge in [-0.3, -0.25) is 9.89 Å². The number of H-pyrrole nitrogens is 1. The summed E-state index contributed by atoms with van der Waals surface area (Å²) in [4.78, 5) is 22.9. The molecule has 116 valence electrons. The van der Waals surface area contributed by atoms with E-state index in [1.807, 2.05) is 0 Å². The summed E-state index contributed by atoms with van der Waals surface area (Å²) in [7, 11) is -3.47. The second-order valence-corrected chi connectivity index (χ2v) is 6.78. The van der Waals surface area contributed by atoms with Crippen LogP contribution in [0.25, 0.3) is 0 Å². The number of carbonyl (C=O) groups is 2. The van der Waals surface area contributed by atoms with Crippen molar-refractivity contribution in [2.24, 2.45) is 0 Å². The summed E-state index contributed by atoms with van der Waals surface area (Å²) in [5, 5.41) is 17.1. The molecule has 0 aliphatic carbocycles. The van der Waals surface area contributed by atoms with Crippen LogP contribution in [0.2, 0.25) is 0 Å². The summed E-state index contributed by atoms with van der Waals surface area (Å²) >= 11 is 0. The predicted molar refractivity (Wildman–Crippen MR) is 73.4 cm³/mol. The van der Waals surface area contributed by atoms with E-state index in [0.29, 0.717) is 19.4 Å². The third kappa shape index (κ3) is 3.58. The zero-order valence-corrected chi connectivity index (χ0v) is 12.2. The normalized spacial score (nSPS) is 20.1. The van der Waals surface area contributed by atoms with Crippen LogP contribution in [-0.2, 0) is 14.8 Å². The van der Waals surface area contributed by atoms with Gasteiger partial charge in [0.25, 0.3) is 0 Å². The van der Waals surface area contributed by atoms with E-state index in [1.165, 1.54) is 6.07 Å². The number of anilines is 1. The maximum absolute atomic E-state index is 12.2. The molecule has 1 aliphatic heterocycles. The number of aromatic carboxylic acids is 1. The van der Waals surface area contributed by atoms with Crippen LogP contribution in [-0.4, -0.2) is 58.7 Å². The summed E-state index contributed by atoms with van der Waals surface area (Å²) in [6.07, 6.45) is 2.96. The summed E-state index contributed by atoms with van der Waals surface area (Å²) in [6.45, 7) is 0.303. The second-order valence-electron chi connectivity index (χ2n) is 4.85. The van der Waals surface area contributed by atoms with Crippen molar-refractivity contribution in [1.29, 1.82) is 0 Å². The Hall–Kier alpha value is -1.94. The molecule has 1 atom stereocenters. The number of sulfonamides is 1. The van der Waals surface area contributed by atoms with Gasteiger partial charge in [0.15, 0.2) is 5.82 Å². The Kier molecular flexibility index (Phi) is 4.28. The van der Waals surface area contributed by atoms with Crippen molar-refractivity contribution < 1.29 is 23.1 Å². The number of hydrogen-bond acceptors (Lipinski definition) is 5. The maximum Gasteiger partial charge on any atom is 0.353 e. The van der Waals surface area contributed by atoms with Crippen molar-refractivity contribution in [3.05, 3.63) is 11.8 Å². The highest BCUT2D eigenvalue weighted by Gasteiger charge is 2.34. The molecule has 1 aromatic rings. The number of rotatable bonds is 4. The highest BCUT2D eigenvalue weighted by Crippen LogP contribution is 2.21. The third-order valence-electron chi connectivity index (χ3n) is 3.24. The van der Waals surface area contributed by atoms with E-state index in [4.69, 9.17) is 5.11 Å². The molecular weight excluding hydrogens is 300 g/mol. The molecule has 0 saturated carbocycles. The average Bonchev–Trinajstić information content (AvgIpc) is 2.86. The Morgan fingerprint density at radius 2 is 2.19 bits per heavy atom. The molecule has 9 nitrogen and oxygen atoms in total. The summed E-state index contributed by atoms with van der Waals surface area (Å²) in [5.74, 6) is -1.65. The fourth-order valence-corrected chi connectivity index (χ4v) is 3.39. The molecule has 21 heavy (non-hydrogen) atoms. The Bertz CT molecular complexity index is 653. The molecule has 1 saturated heterocycles. The molecule has 0 aromatic carbocycles. The lowest BCUT2D eigenvalue weighted by Crippen LogP contribution is -2.49. The SMILES string of the molecule is CS(=O)(=O)N1CCCCC1C(=O)Nc1cc(C(=O)O)[nH]n1. The molecule has 10 heteroatoms. The number of amides is 1. The fourth-order valence-electron chi connectivity index (χ4n) is 2.27. The van der Waals surface area contributed by atoms with Crippen LogP contribution in [0, 0.1) is 0 Å². The molecule has 1 amide bonds. The van der Waals surface area contributed by atoms with Gasteiger partial charge < -0.3 is 10.4 Å². The van der Waals surface area contributed by atoms with E-state index in [9.17, 15) is 18.0 Å². The molecule has 3 N–H and O–H groups in total.